The second-order valence-electron chi connectivity index (χ2n) is 7.19. The zero-order chi connectivity index (χ0) is 14.6. The highest BCUT2D eigenvalue weighted by atomic mass is 16.2. The third kappa shape index (κ3) is 4.45. The molecule has 0 atom stereocenters. The molecule has 2 aliphatic rings. The molecule has 1 saturated carbocycles. The Kier molecular flexibility index (Phi) is 5.44. The van der Waals surface area contributed by atoms with Crippen molar-refractivity contribution in [3.8, 4) is 0 Å². The summed E-state index contributed by atoms with van der Waals surface area (Å²) in [6, 6.07) is 0. The van der Waals surface area contributed by atoms with E-state index in [0.717, 1.165) is 51.2 Å². The van der Waals surface area contributed by atoms with Gasteiger partial charge in [-0.15, -0.1) is 0 Å². The molecule has 1 aliphatic heterocycles. The summed E-state index contributed by atoms with van der Waals surface area (Å²) in [7, 11) is 4.25. The van der Waals surface area contributed by atoms with Gasteiger partial charge in [-0.3, -0.25) is 4.79 Å². The highest BCUT2D eigenvalue weighted by molar-refractivity contribution is 5.77. The molecule has 20 heavy (non-hydrogen) atoms. The second-order valence-corrected chi connectivity index (χ2v) is 7.19. The average molecular weight is 281 g/mol. The van der Waals surface area contributed by atoms with Crippen molar-refractivity contribution in [3.63, 3.8) is 0 Å². The summed E-state index contributed by atoms with van der Waals surface area (Å²) in [5.41, 5.74) is 6.19. The third-order valence-corrected chi connectivity index (χ3v) is 4.94. The van der Waals surface area contributed by atoms with Crippen LogP contribution in [0.1, 0.15) is 51.4 Å². The van der Waals surface area contributed by atoms with Crippen molar-refractivity contribution in [2.75, 3.05) is 33.7 Å². The van der Waals surface area contributed by atoms with E-state index in [-0.39, 0.29) is 11.4 Å². The van der Waals surface area contributed by atoms with Crippen LogP contribution >= 0.6 is 0 Å². The Hall–Kier alpha value is -0.610. The van der Waals surface area contributed by atoms with E-state index in [0.29, 0.717) is 6.42 Å². The molecule has 4 heteroatoms. The number of nitrogens with two attached hydrogens (primary N) is 1. The Labute approximate surface area is 123 Å². The van der Waals surface area contributed by atoms with Gasteiger partial charge in [0, 0.05) is 31.6 Å². The molecule has 4 nitrogen and oxygen atoms in total. The van der Waals surface area contributed by atoms with E-state index in [1.54, 1.807) is 0 Å². The zero-order valence-corrected chi connectivity index (χ0v) is 13.2. The number of piperidine rings is 1. The van der Waals surface area contributed by atoms with Crippen LogP contribution in [0.15, 0.2) is 0 Å². The van der Waals surface area contributed by atoms with E-state index in [1.165, 1.54) is 19.3 Å². The molecule has 1 aliphatic carbocycles. The monoisotopic (exact) mass is 281 g/mol. The summed E-state index contributed by atoms with van der Waals surface area (Å²) in [6.45, 7) is 2.99. The lowest BCUT2D eigenvalue weighted by molar-refractivity contribution is -0.134. The minimum absolute atomic E-state index is 0.212. The van der Waals surface area contributed by atoms with Crippen LogP contribution in [0.4, 0.5) is 0 Å². The first kappa shape index (κ1) is 15.8. The second kappa shape index (κ2) is 6.90. The number of carbonyl (C=O) groups excluding carboxylic acids is 1. The first-order valence-corrected chi connectivity index (χ1v) is 8.20. The quantitative estimate of drug-likeness (QED) is 0.855. The molecule has 1 heterocycles. The molecule has 1 saturated heterocycles. The molecular formula is C16H31N3O. The number of rotatable bonds is 4. The van der Waals surface area contributed by atoms with Gasteiger partial charge in [0.1, 0.15) is 0 Å². The minimum Gasteiger partial charge on any atom is -0.343 e. The van der Waals surface area contributed by atoms with E-state index in [2.05, 4.69) is 23.9 Å². The molecular weight excluding hydrogens is 250 g/mol. The zero-order valence-electron chi connectivity index (χ0n) is 13.2. The van der Waals surface area contributed by atoms with E-state index in [9.17, 15) is 4.79 Å². The summed E-state index contributed by atoms with van der Waals surface area (Å²) in [6.07, 6.45) is 8.55. The van der Waals surface area contributed by atoms with Gasteiger partial charge < -0.3 is 15.5 Å². The lowest BCUT2D eigenvalue weighted by Crippen LogP contribution is -2.48. The van der Waals surface area contributed by atoms with Crippen LogP contribution < -0.4 is 5.73 Å². The van der Waals surface area contributed by atoms with Crippen LogP contribution in [-0.4, -0.2) is 55.0 Å². The van der Waals surface area contributed by atoms with E-state index < -0.39 is 0 Å². The van der Waals surface area contributed by atoms with Gasteiger partial charge in [-0.2, -0.15) is 0 Å². The van der Waals surface area contributed by atoms with Gasteiger partial charge in [0.15, 0.2) is 0 Å². The molecule has 0 aromatic heterocycles. The summed E-state index contributed by atoms with van der Waals surface area (Å²) in [4.78, 5) is 16.7. The molecule has 2 N–H and O–H groups in total. The Balaban J connectivity index is 1.77. The maximum Gasteiger partial charge on any atom is 0.224 e. The molecule has 0 spiro atoms. The van der Waals surface area contributed by atoms with Crippen molar-refractivity contribution >= 4 is 5.91 Å². The third-order valence-electron chi connectivity index (χ3n) is 4.94. The normalized spacial score (nSPS) is 24.1. The predicted molar refractivity (Wildman–Crippen MR) is 82.5 cm³/mol. The first-order chi connectivity index (χ1) is 9.48. The molecule has 1 amide bonds. The topological polar surface area (TPSA) is 49.6 Å². The number of hydrogen-bond acceptors (Lipinski definition) is 3. The molecule has 116 valence electrons. The Morgan fingerprint density at radius 1 is 1.20 bits per heavy atom. The van der Waals surface area contributed by atoms with Crippen molar-refractivity contribution < 1.29 is 4.79 Å². The maximum absolute atomic E-state index is 12.4. The van der Waals surface area contributed by atoms with Crippen molar-refractivity contribution in [3.05, 3.63) is 0 Å². The Morgan fingerprint density at radius 3 is 2.35 bits per heavy atom. The molecule has 2 fully saturated rings. The van der Waals surface area contributed by atoms with Crippen LogP contribution in [0.5, 0.6) is 0 Å². The minimum atomic E-state index is -0.212. The van der Waals surface area contributed by atoms with Gasteiger partial charge in [0.2, 0.25) is 5.91 Å². The van der Waals surface area contributed by atoms with Crippen LogP contribution in [-0.2, 0) is 4.79 Å². The molecule has 0 aromatic rings. The lowest BCUT2D eigenvalue weighted by atomic mass is 9.80. The summed E-state index contributed by atoms with van der Waals surface area (Å²) in [5, 5.41) is 0. The average Bonchev–Trinajstić information content (AvgIpc) is 2.39. The summed E-state index contributed by atoms with van der Waals surface area (Å²) < 4.78 is 0. The van der Waals surface area contributed by atoms with Crippen molar-refractivity contribution in [2.24, 2.45) is 11.7 Å². The largest absolute Gasteiger partial charge is 0.343 e. The maximum atomic E-state index is 12.4. The standard InChI is InChI=1S/C16H31N3O/c1-18(2)13-14-6-10-19(11-7-14)15(20)12-16(17)8-4-3-5-9-16/h14H,3-13,17H2,1-2H3. The summed E-state index contributed by atoms with van der Waals surface area (Å²) in [5.74, 6) is 1.04. The van der Waals surface area contributed by atoms with Crippen LogP contribution in [0.3, 0.4) is 0 Å². The lowest BCUT2D eigenvalue weighted by Gasteiger charge is -2.37. The van der Waals surface area contributed by atoms with Gasteiger partial charge in [-0.05, 0) is 45.7 Å². The number of likely N-dealkylation sites (tertiary alicyclic amines) is 1. The fraction of sp³-hybridized carbons (Fsp3) is 0.938. The smallest absolute Gasteiger partial charge is 0.224 e. The van der Waals surface area contributed by atoms with Gasteiger partial charge >= 0.3 is 0 Å². The molecule has 0 radical (unpaired) electrons. The molecule has 0 unspecified atom stereocenters. The van der Waals surface area contributed by atoms with Crippen LogP contribution in [0.25, 0.3) is 0 Å². The number of nitrogens with zero attached hydrogens (tertiary/aromatic N) is 2. The number of hydrogen-bond donors (Lipinski definition) is 1. The van der Waals surface area contributed by atoms with Gasteiger partial charge in [-0.25, -0.2) is 0 Å². The number of carbonyl (C=O) groups is 1. The van der Waals surface area contributed by atoms with Crippen molar-refractivity contribution in [1.29, 1.82) is 0 Å². The fourth-order valence-electron chi connectivity index (χ4n) is 3.73. The van der Waals surface area contributed by atoms with E-state index >= 15 is 0 Å². The highest BCUT2D eigenvalue weighted by Gasteiger charge is 2.32. The summed E-state index contributed by atoms with van der Waals surface area (Å²) >= 11 is 0. The van der Waals surface area contributed by atoms with Gasteiger partial charge in [-0.1, -0.05) is 19.3 Å². The molecule has 0 bridgehead atoms. The highest BCUT2D eigenvalue weighted by Crippen LogP contribution is 2.30. The van der Waals surface area contributed by atoms with Gasteiger partial charge in [0.05, 0.1) is 0 Å². The van der Waals surface area contributed by atoms with E-state index in [4.69, 9.17) is 5.73 Å². The van der Waals surface area contributed by atoms with Crippen molar-refractivity contribution in [2.45, 2.75) is 56.9 Å². The fourth-order valence-corrected chi connectivity index (χ4v) is 3.73. The van der Waals surface area contributed by atoms with Crippen LogP contribution in [0, 0.1) is 5.92 Å². The first-order valence-electron chi connectivity index (χ1n) is 8.20. The Bertz CT molecular complexity index is 316. The predicted octanol–water partition coefficient (Wildman–Crippen LogP) is 1.84. The Morgan fingerprint density at radius 2 is 1.80 bits per heavy atom. The van der Waals surface area contributed by atoms with E-state index in [1.807, 2.05) is 0 Å². The number of amides is 1. The SMILES string of the molecule is CN(C)CC1CCN(C(=O)CC2(N)CCCCC2)CC1. The van der Waals surface area contributed by atoms with Gasteiger partial charge in [0.25, 0.3) is 0 Å². The van der Waals surface area contributed by atoms with Crippen molar-refractivity contribution in [1.82, 2.24) is 9.80 Å². The van der Waals surface area contributed by atoms with Crippen LogP contribution in [0.2, 0.25) is 0 Å². The molecule has 2 rings (SSSR count). The molecule has 0 aromatic carbocycles.